The molecule has 16 heavy (non-hydrogen) atoms. The van der Waals surface area contributed by atoms with Crippen molar-refractivity contribution in [1.82, 2.24) is 5.32 Å². The normalized spacial score (nSPS) is 39.4. The molecule has 0 aliphatic carbocycles. The first-order chi connectivity index (χ1) is 7.51. The molecular formula is C10H19NO5. The summed E-state index contributed by atoms with van der Waals surface area (Å²) < 4.78 is 5.30. The number of aliphatic hydroxyl groups is 3. The summed E-state index contributed by atoms with van der Waals surface area (Å²) in [6.45, 7) is 3.01. The second-order valence-electron chi connectivity index (χ2n) is 3.99. The van der Waals surface area contributed by atoms with E-state index in [-0.39, 0.29) is 12.5 Å². The van der Waals surface area contributed by atoms with E-state index in [0.717, 1.165) is 0 Å². The molecule has 0 saturated carbocycles. The molecule has 1 rings (SSSR count). The Morgan fingerprint density at radius 2 is 2.00 bits per heavy atom. The van der Waals surface area contributed by atoms with Crippen molar-refractivity contribution in [2.24, 2.45) is 0 Å². The number of carbonyl (C=O) groups is 1. The third-order valence-corrected chi connectivity index (χ3v) is 2.82. The minimum absolute atomic E-state index is 0.214. The quantitative estimate of drug-likeness (QED) is 0.470. The maximum Gasteiger partial charge on any atom is 0.220 e. The Hall–Kier alpha value is -0.690. The van der Waals surface area contributed by atoms with Gasteiger partial charge in [0.2, 0.25) is 5.91 Å². The van der Waals surface area contributed by atoms with Gasteiger partial charge in [-0.05, 0) is 6.92 Å². The number of hydrogen-bond acceptors (Lipinski definition) is 5. The van der Waals surface area contributed by atoms with Crippen molar-refractivity contribution in [2.75, 3.05) is 6.61 Å². The zero-order valence-corrected chi connectivity index (χ0v) is 9.46. The second kappa shape index (κ2) is 5.58. The number of aliphatic hydroxyl groups excluding tert-OH is 3. The predicted molar refractivity (Wildman–Crippen MR) is 55.7 cm³/mol. The van der Waals surface area contributed by atoms with Crippen LogP contribution in [0.2, 0.25) is 0 Å². The van der Waals surface area contributed by atoms with E-state index in [1.807, 2.05) is 0 Å². The monoisotopic (exact) mass is 233 g/mol. The fraction of sp³-hybridized carbons (Fsp3) is 0.900. The summed E-state index contributed by atoms with van der Waals surface area (Å²) in [4.78, 5) is 11.2. The van der Waals surface area contributed by atoms with E-state index in [2.05, 4.69) is 5.32 Å². The molecule has 94 valence electrons. The van der Waals surface area contributed by atoms with Gasteiger partial charge in [-0.15, -0.1) is 0 Å². The van der Waals surface area contributed by atoms with Crippen molar-refractivity contribution in [2.45, 2.75) is 50.7 Å². The Morgan fingerprint density at radius 3 is 2.50 bits per heavy atom. The van der Waals surface area contributed by atoms with E-state index < -0.39 is 30.5 Å². The summed E-state index contributed by atoms with van der Waals surface area (Å²) in [5.74, 6) is -0.214. The average molecular weight is 233 g/mol. The molecule has 1 fully saturated rings. The van der Waals surface area contributed by atoms with Crippen LogP contribution in [0, 0.1) is 0 Å². The van der Waals surface area contributed by atoms with E-state index in [4.69, 9.17) is 9.84 Å². The lowest BCUT2D eigenvalue weighted by atomic mass is 9.93. The molecule has 3 unspecified atom stereocenters. The van der Waals surface area contributed by atoms with Gasteiger partial charge in [-0.3, -0.25) is 4.79 Å². The first-order valence-electron chi connectivity index (χ1n) is 5.43. The highest BCUT2D eigenvalue weighted by atomic mass is 16.5. The minimum atomic E-state index is -1.19. The predicted octanol–water partition coefficient (Wildman–Crippen LogP) is -1.62. The van der Waals surface area contributed by atoms with Gasteiger partial charge in [-0.2, -0.15) is 0 Å². The molecule has 0 spiro atoms. The lowest BCUT2D eigenvalue weighted by Gasteiger charge is -2.41. The lowest BCUT2D eigenvalue weighted by molar-refractivity contribution is -0.190. The summed E-state index contributed by atoms with van der Waals surface area (Å²) in [7, 11) is 0. The molecule has 5 atom stereocenters. The molecular weight excluding hydrogens is 214 g/mol. The Kier molecular flexibility index (Phi) is 4.67. The van der Waals surface area contributed by atoms with E-state index in [0.29, 0.717) is 6.42 Å². The van der Waals surface area contributed by atoms with Crippen LogP contribution in [0.25, 0.3) is 0 Å². The Balaban J connectivity index is 2.67. The van der Waals surface area contributed by atoms with Gasteiger partial charge < -0.3 is 25.4 Å². The molecule has 0 aromatic heterocycles. The third-order valence-electron chi connectivity index (χ3n) is 2.82. The molecule has 1 aliphatic rings. The first-order valence-corrected chi connectivity index (χ1v) is 5.43. The molecule has 4 N–H and O–H groups in total. The van der Waals surface area contributed by atoms with Crippen LogP contribution >= 0.6 is 0 Å². The fourth-order valence-electron chi connectivity index (χ4n) is 1.79. The molecule has 1 aliphatic heterocycles. The molecule has 1 amide bonds. The number of hydrogen-bond donors (Lipinski definition) is 4. The van der Waals surface area contributed by atoms with Crippen LogP contribution in [0.1, 0.15) is 20.3 Å². The van der Waals surface area contributed by atoms with Gasteiger partial charge >= 0.3 is 0 Å². The van der Waals surface area contributed by atoms with Crippen molar-refractivity contribution in [3.63, 3.8) is 0 Å². The third kappa shape index (κ3) is 2.70. The zero-order valence-electron chi connectivity index (χ0n) is 9.46. The Labute approximate surface area is 94.2 Å². The topological polar surface area (TPSA) is 99.0 Å². The minimum Gasteiger partial charge on any atom is -0.394 e. The highest BCUT2D eigenvalue weighted by Crippen LogP contribution is 2.20. The van der Waals surface area contributed by atoms with Crippen molar-refractivity contribution in [1.29, 1.82) is 0 Å². The van der Waals surface area contributed by atoms with E-state index in [1.165, 1.54) is 0 Å². The SMILES string of the molecule is CCC(=O)N[C@@H]1C(O)C(O)C(CO)O[C@@H]1C. The summed E-state index contributed by atoms with van der Waals surface area (Å²) in [5, 5.41) is 30.9. The maximum absolute atomic E-state index is 11.2. The van der Waals surface area contributed by atoms with Crippen LogP contribution in [-0.4, -0.2) is 58.3 Å². The summed E-state index contributed by atoms with van der Waals surface area (Å²) >= 11 is 0. The van der Waals surface area contributed by atoms with Gasteiger partial charge in [-0.25, -0.2) is 0 Å². The number of nitrogens with one attached hydrogen (secondary N) is 1. The number of rotatable bonds is 3. The fourth-order valence-corrected chi connectivity index (χ4v) is 1.79. The highest BCUT2D eigenvalue weighted by molar-refractivity contribution is 5.76. The largest absolute Gasteiger partial charge is 0.394 e. The Morgan fingerprint density at radius 1 is 1.38 bits per heavy atom. The van der Waals surface area contributed by atoms with Crippen molar-refractivity contribution in [3.05, 3.63) is 0 Å². The van der Waals surface area contributed by atoms with Crippen molar-refractivity contribution < 1.29 is 24.9 Å². The smallest absolute Gasteiger partial charge is 0.220 e. The average Bonchev–Trinajstić information content (AvgIpc) is 2.28. The molecule has 0 bridgehead atoms. The molecule has 0 aromatic rings. The second-order valence-corrected chi connectivity index (χ2v) is 3.99. The van der Waals surface area contributed by atoms with Crippen LogP contribution in [0.3, 0.4) is 0 Å². The summed E-state index contributed by atoms with van der Waals surface area (Å²) in [5.41, 5.74) is 0. The van der Waals surface area contributed by atoms with Gasteiger partial charge in [0.05, 0.1) is 18.8 Å². The van der Waals surface area contributed by atoms with Gasteiger partial charge in [0.15, 0.2) is 0 Å². The van der Waals surface area contributed by atoms with Crippen molar-refractivity contribution in [3.8, 4) is 0 Å². The standard InChI is InChI=1S/C10H19NO5/c1-3-7(13)11-8-5(2)16-6(4-12)9(14)10(8)15/h5-6,8-10,12,14-15H,3-4H2,1-2H3,(H,11,13)/t5-,6?,8+,9?,10?/m1/s1. The summed E-state index contributed by atoms with van der Waals surface area (Å²) in [6.07, 6.45) is -3.28. The first kappa shape index (κ1) is 13.4. The highest BCUT2D eigenvalue weighted by Gasteiger charge is 2.42. The van der Waals surface area contributed by atoms with Crippen LogP contribution in [0.4, 0.5) is 0 Å². The van der Waals surface area contributed by atoms with E-state index in [1.54, 1.807) is 13.8 Å². The summed E-state index contributed by atoms with van der Waals surface area (Å²) in [6, 6.07) is -0.648. The van der Waals surface area contributed by atoms with Gasteiger partial charge in [0.25, 0.3) is 0 Å². The lowest BCUT2D eigenvalue weighted by Crippen LogP contribution is -2.63. The molecule has 0 aromatic carbocycles. The Bertz CT molecular complexity index is 247. The van der Waals surface area contributed by atoms with Crippen LogP contribution in [0.5, 0.6) is 0 Å². The maximum atomic E-state index is 11.2. The van der Waals surface area contributed by atoms with Gasteiger partial charge in [0, 0.05) is 6.42 Å². The molecule has 1 heterocycles. The zero-order chi connectivity index (χ0) is 12.3. The van der Waals surface area contributed by atoms with E-state index in [9.17, 15) is 15.0 Å². The number of ether oxygens (including phenoxy) is 1. The molecule has 1 saturated heterocycles. The van der Waals surface area contributed by atoms with Crippen LogP contribution in [-0.2, 0) is 9.53 Å². The number of carbonyl (C=O) groups excluding carboxylic acids is 1. The van der Waals surface area contributed by atoms with Crippen LogP contribution < -0.4 is 5.32 Å². The van der Waals surface area contributed by atoms with Crippen molar-refractivity contribution >= 4 is 5.91 Å². The number of amides is 1. The van der Waals surface area contributed by atoms with Gasteiger partial charge in [-0.1, -0.05) is 6.92 Å². The van der Waals surface area contributed by atoms with E-state index >= 15 is 0 Å². The molecule has 0 radical (unpaired) electrons. The van der Waals surface area contributed by atoms with Crippen LogP contribution in [0.15, 0.2) is 0 Å². The molecule has 6 heteroatoms. The van der Waals surface area contributed by atoms with Gasteiger partial charge in [0.1, 0.15) is 18.3 Å². The molecule has 6 nitrogen and oxygen atoms in total.